The fourth-order valence-corrected chi connectivity index (χ4v) is 4.06. The van der Waals surface area contributed by atoms with Crippen molar-refractivity contribution in [3.8, 4) is 0 Å². The van der Waals surface area contributed by atoms with Gasteiger partial charge in [-0.3, -0.25) is 9.59 Å². The summed E-state index contributed by atoms with van der Waals surface area (Å²) in [6.45, 7) is -0.0997. The Morgan fingerprint density at radius 3 is 2.64 bits per heavy atom. The summed E-state index contributed by atoms with van der Waals surface area (Å²) in [5, 5.41) is 11.5. The van der Waals surface area contributed by atoms with Crippen LogP contribution >= 0.6 is 11.8 Å². The monoisotopic (exact) mass is 330 g/mol. The van der Waals surface area contributed by atoms with E-state index in [1.54, 1.807) is 4.90 Å². The van der Waals surface area contributed by atoms with Crippen LogP contribution in [0.2, 0.25) is 0 Å². The molecule has 1 heterocycles. The van der Waals surface area contributed by atoms with Crippen molar-refractivity contribution < 1.29 is 24.2 Å². The van der Waals surface area contributed by atoms with Crippen molar-refractivity contribution in [2.45, 2.75) is 37.8 Å². The minimum absolute atomic E-state index is 0.0169. The third-order valence-corrected chi connectivity index (χ3v) is 5.13. The number of nitrogens with one attached hydrogen (secondary N) is 1. The highest BCUT2D eigenvalue weighted by atomic mass is 32.2. The summed E-state index contributed by atoms with van der Waals surface area (Å²) in [4.78, 5) is 37.5. The second-order valence-electron chi connectivity index (χ2n) is 5.66. The van der Waals surface area contributed by atoms with Crippen LogP contribution in [0.4, 0.5) is 0 Å². The van der Waals surface area contributed by atoms with Crippen LogP contribution in [-0.4, -0.2) is 65.2 Å². The summed E-state index contributed by atoms with van der Waals surface area (Å²) in [5.41, 5.74) is 0. The van der Waals surface area contributed by atoms with Crippen molar-refractivity contribution in [2.24, 2.45) is 5.92 Å². The summed E-state index contributed by atoms with van der Waals surface area (Å²) in [7, 11) is 1.38. The first-order valence-electron chi connectivity index (χ1n) is 7.45. The smallest absolute Gasteiger partial charge is 0.328 e. The Labute approximate surface area is 133 Å². The van der Waals surface area contributed by atoms with Gasteiger partial charge >= 0.3 is 5.97 Å². The molecule has 0 radical (unpaired) electrons. The van der Waals surface area contributed by atoms with Gasteiger partial charge in [0.1, 0.15) is 6.04 Å². The molecule has 1 aliphatic carbocycles. The van der Waals surface area contributed by atoms with E-state index in [1.807, 2.05) is 0 Å². The molecule has 2 fully saturated rings. The molecule has 2 unspecified atom stereocenters. The fraction of sp³-hybridized carbons (Fsp3) is 0.786. The van der Waals surface area contributed by atoms with Crippen LogP contribution in [0.15, 0.2) is 0 Å². The van der Waals surface area contributed by atoms with Gasteiger partial charge in [0.15, 0.2) is 6.04 Å². The largest absolute Gasteiger partial charge is 0.480 e. The molecule has 2 aliphatic rings. The van der Waals surface area contributed by atoms with E-state index in [0.29, 0.717) is 11.6 Å². The van der Waals surface area contributed by atoms with Gasteiger partial charge in [-0.2, -0.15) is 0 Å². The number of carboxylic acid groups (broad SMARTS) is 1. The topological polar surface area (TPSA) is 95.9 Å². The second-order valence-corrected chi connectivity index (χ2v) is 6.66. The lowest BCUT2D eigenvalue weighted by molar-refractivity contribution is -0.145. The summed E-state index contributed by atoms with van der Waals surface area (Å²) in [6, 6.07) is -1.68. The molecule has 1 saturated carbocycles. The zero-order chi connectivity index (χ0) is 16.1. The Bertz CT molecular complexity index is 439. The number of hydrogen-bond donors (Lipinski definition) is 2. The predicted molar refractivity (Wildman–Crippen MR) is 81.4 cm³/mol. The molecule has 22 heavy (non-hydrogen) atoms. The van der Waals surface area contributed by atoms with Gasteiger partial charge < -0.3 is 20.1 Å². The molecule has 0 aromatic carbocycles. The van der Waals surface area contributed by atoms with Crippen molar-refractivity contribution in [3.05, 3.63) is 0 Å². The highest BCUT2D eigenvalue weighted by Crippen LogP contribution is 2.30. The Morgan fingerprint density at radius 1 is 1.36 bits per heavy atom. The number of thioether (sulfide) groups is 1. The first-order chi connectivity index (χ1) is 10.5. The number of rotatable bonds is 6. The molecule has 1 saturated heterocycles. The molecule has 8 heteroatoms. The van der Waals surface area contributed by atoms with Crippen molar-refractivity contribution in [2.75, 3.05) is 25.3 Å². The molecular weight excluding hydrogens is 308 g/mol. The maximum atomic E-state index is 12.5. The molecule has 1 aliphatic heterocycles. The molecule has 124 valence electrons. The van der Waals surface area contributed by atoms with Crippen LogP contribution in [0, 0.1) is 5.92 Å². The third kappa shape index (κ3) is 3.92. The highest BCUT2D eigenvalue weighted by Gasteiger charge is 2.39. The maximum Gasteiger partial charge on any atom is 0.328 e. The molecule has 2 rings (SSSR count). The van der Waals surface area contributed by atoms with Crippen molar-refractivity contribution in [1.29, 1.82) is 0 Å². The molecule has 0 aromatic heterocycles. The average molecular weight is 330 g/mol. The average Bonchev–Trinajstić information content (AvgIpc) is 3.17. The summed E-state index contributed by atoms with van der Waals surface area (Å²) in [6.07, 6.45) is 3.89. The Hall–Kier alpha value is -1.28. The third-order valence-electron chi connectivity index (χ3n) is 4.12. The minimum Gasteiger partial charge on any atom is -0.480 e. The molecule has 7 nitrogen and oxygen atoms in total. The Kier molecular flexibility index (Phi) is 6.07. The summed E-state index contributed by atoms with van der Waals surface area (Å²) < 4.78 is 4.80. The van der Waals surface area contributed by atoms with Gasteiger partial charge in [0.05, 0.1) is 12.5 Å². The van der Waals surface area contributed by atoms with E-state index in [0.717, 1.165) is 25.7 Å². The molecule has 0 bridgehead atoms. The summed E-state index contributed by atoms with van der Waals surface area (Å²) >= 11 is 1.52. The SMILES string of the molecule is COCC(NC(=O)C1CSCN1C(=O)C1CCCC1)C(=O)O. The van der Waals surface area contributed by atoms with Crippen LogP contribution in [0.5, 0.6) is 0 Å². The van der Waals surface area contributed by atoms with Crippen LogP contribution < -0.4 is 5.32 Å². The normalized spacial score (nSPS) is 23.5. The van der Waals surface area contributed by atoms with E-state index in [-0.39, 0.29) is 18.4 Å². The van der Waals surface area contributed by atoms with Gasteiger partial charge in [0.25, 0.3) is 0 Å². The first-order valence-corrected chi connectivity index (χ1v) is 8.60. The molecular formula is C14H22N2O5S. The fourth-order valence-electron chi connectivity index (χ4n) is 2.89. The van der Waals surface area contributed by atoms with Crippen molar-refractivity contribution in [3.63, 3.8) is 0 Å². The van der Waals surface area contributed by atoms with Gasteiger partial charge in [-0.15, -0.1) is 11.8 Å². The molecule has 2 atom stereocenters. The van der Waals surface area contributed by atoms with Crippen molar-refractivity contribution >= 4 is 29.5 Å². The van der Waals surface area contributed by atoms with Gasteiger partial charge in [0.2, 0.25) is 11.8 Å². The number of carboxylic acids is 1. The highest BCUT2D eigenvalue weighted by molar-refractivity contribution is 7.99. The van der Waals surface area contributed by atoms with Gasteiger partial charge in [-0.1, -0.05) is 12.8 Å². The zero-order valence-corrected chi connectivity index (χ0v) is 13.4. The zero-order valence-electron chi connectivity index (χ0n) is 12.6. The van der Waals surface area contributed by atoms with E-state index in [1.165, 1.54) is 18.9 Å². The lowest BCUT2D eigenvalue weighted by Gasteiger charge is -2.26. The van der Waals surface area contributed by atoms with E-state index in [9.17, 15) is 14.4 Å². The van der Waals surface area contributed by atoms with E-state index in [2.05, 4.69) is 5.32 Å². The van der Waals surface area contributed by atoms with Crippen LogP contribution in [0.3, 0.4) is 0 Å². The van der Waals surface area contributed by atoms with Gasteiger partial charge in [0, 0.05) is 18.8 Å². The Balaban J connectivity index is 1.98. The van der Waals surface area contributed by atoms with Gasteiger partial charge in [-0.05, 0) is 12.8 Å². The van der Waals surface area contributed by atoms with Crippen molar-refractivity contribution in [1.82, 2.24) is 10.2 Å². The van der Waals surface area contributed by atoms with Crippen LogP contribution in [0.25, 0.3) is 0 Å². The number of carbonyl (C=O) groups is 3. The molecule has 0 spiro atoms. The molecule has 2 N–H and O–H groups in total. The molecule has 0 aromatic rings. The molecule has 2 amide bonds. The maximum absolute atomic E-state index is 12.5. The van der Waals surface area contributed by atoms with E-state index in [4.69, 9.17) is 9.84 Å². The quantitative estimate of drug-likeness (QED) is 0.727. The lowest BCUT2D eigenvalue weighted by atomic mass is 10.1. The van der Waals surface area contributed by atoms with Crippen LogP contribution in [0.1, 0.15) is 25.7 Å². The Morgan fingerprint density at radius 2 is 2.05 bits per heavy atom. The second kappa shape index (κ2) is 7.82. The predicted octanol–water partition coefficient (Wildman–Crippen LogP) is 0.294. The minimum atomic E-state index is -1.14. The van der Waals surface area contributed by atoms with Gasteiger partial charge in [-0.25, -0.2) is 4.79 Å². The number of hydrogen-bond acceptors (Lipinski definition) is 5. The lowest BCUT2D eigenvalue weighted by Crippen LogP contribution is -2.53. The first kappa shape index (κ1) is 17.1. The van der Waals surface area contributed by atoms with E-state index >= 15 is 0 Å². The number of aliphatic carboxylic acids is 1. The number of carbonyl (C=O) groups excluding carboxylic acids is 2. The standard InChI is InChI=1S/C14H22N2O5S/c1-21-6-10(14(19)20)15-12(17)11-7-22-8-16(11)13(18)9-4-2-3-5-9/h9-11H,2-8H2,1H3,(H,15,17)(H,19,20). The number of methoxy groups -OCH3 is 1. The number of nitrogens with zero attached hydrogens (tertiary/aromatic N) is 1. The van der Waals surface area contributed by atoms with E-state index < -0.39 is 24.0 Å². The number of ether oxygens (including phenoxy) is 1. The number of amides is 2. The van der Waals surface area contributed by atoms with Crippen LogP contribution in [-0.2, 0) is 19.1 Å². The summed E-state index contributed by atoms with van der Waals surface area (Å²) in [5.74, 6) is -0.515.